The highest BCUT2D eigenvalue weighted by atomic mass is 16.3. The lowest BCUT2D eigenvalue weighted by Crippen LogP contribution is -2.49. The zero-order valence-corrected chi connectivity index (χ0v) is 7.02. The molecule has 0 amide bonds. The average molecular weight is 140 g/mol. The van der Waals surface area contributed by atoms with E-state index < -0.39 is 0 Å². The summed E-state index contributed by atoms with van der Waals surface area (Å²) in [6, 6.07) is 0. The van der Waals surface area contributed by atoms with E-state index in [9.17, 15) is 5.11 Å². The van der Waals surface area contributed by atoms with Gasteiger partial charge in [-0.1, -0.05) is 20.8 Å². The average Bonchev–Trinajstić information content (AvgIpc) is 2.20. The number of hydrogen-bond donors (Lipinski definition) is 1. The van der Waals surface area contributed by atoms with E-state index in [1.165, 1.54) is 6.42 Å². The molecule has 3 aliphatic carbocycles. The highest BCUT2D eigenvalue weighted by Gasteiger charge is 2.66. The summed E-state index contributed by atoms with van der Waals surface area (Å²) in [7, 11) is 0. The van der Waals surface area contributed by atoms with Crippen molar-refractivity contribution in [1.29, 1.82) is 0 Å². The quantitative estimate of drug-likeness (QED) is 0.544. The summed E-state index contributed by atoms with van der Waals surface area (Å²) in [5, 5.41) is 9.63. The van der Waals surface area contributed by atoms with E-state index in [0.29, 0.717) is 5.41 Å². The molecule has 0 aliphatic heterocycles. The Labute approximate surface area is 62.4 Å². The number of fused-ring (bicyclic) bond motifs is 1. The summed E-state index contributed by atoms with van der Waals surface area (Å²) in [5.74, 6) is 0.799. The molecular formula is C9H16O. The van der Waals surface area contributed by atoms with Gasteiger partial charge in [-0.05, 0) is 29.6 Å². The van der Waals surface area contributed by atoms with E-state index >= 15 is 0 Å². The third-order valence-electron chi connectivity index (χ3n) is 4.41. The predicted molar refractivity (Wildman–Crippen MR) is 40.6 cm³/mol. The lowest BCUT2D eigenvalue weighted by atomic mass is 9.51. The first kappa shape index (κ1) is 6.66. The highest BCUT2D eigenvalue weighted by molar-refractivity contribution is 5.15. The van der Waals surface area contributed by atoms with Gasteiger partial charge in [-0.15, -0.1) is 0 Å². The van der Waals surface area contributed by atoms with Gasteiger partial charge in [-0.3, -0.25) is 0 Å². The van der Waals surface area contributed by atoms with Crippen LogP contribution in [0.25, 0.3) is 0 Å². The maximum atomic E-state index is 9.63. The van der Waals surface area contributed by atoms with E-state index in [4.69, 9.17) is 0 Å². The normalized spacial score (nSPS) is 56.4. The van der Waals surface area contributed by atoms with Crippen molar-refractivity contribution in [3.63, 3.8) is 0 Å². The molecule has 3 aliphatic rings. The predicted octanol–water partition coefficient (Wildman–Crippen LogP) is 1.80. The molecule has 1 heteroatoms. The maximum absolute atomic E-state index is 9.63. The molecule has 3 rings (SSSR count). The molecule has 3 fully saturated rings. The van der Waals surface area contributed by atoms with Crippen molar-refractivity contribution in [2.75, 3.05) is 0 Å². The fraction of sp³-hybridized carbons (Fsp3) is 1.00. The van der Waals surface area contributed by atoms with Gasteiger partial charge in [0.15, 0.2) is 0 Å². The first-order chi connectivity index (χ1) is 4.48. The van der Waals surface area contributed by atoms with Crippen molar-refractivity contribution in [2.45, 2.75) is 39.7 Å². The molecule has 3 saturated carbocycles. The van der Waals surface area contributed by atoms with E-state index in [0.717, 1.165) is 12.3 Å². The molecule has 0 radical (unpaired) electrons. The molecular weight excluding hydrogens is 124 g/mol. The van der Waals surface area contributed by atoms with Crippen molar-refractivity contribution in [3.05, 3.63) is 0 Å². The second-order valence-corrected chi connectivity index (χ2v) is 4.79. The molecule has 3 atom stereocenters. The van der Waals surface area contributed by atoms with Gasteiger partial charge in [0, 0.05) is 0 Å². The molecule has 0 aromatic rings. The minimum absolute atomic E-state index is 0.0208. The van der Waals surface area contributed by atoms with Crippen LogP contribution in [-0.2, 0) is 0 Å². The van der Waals surface area contributed by atoms with Crippen molar-refractivity contribution in [1.82, 2.24) is 0 Å². The first-order valence-electron chi connectivity index (χ1n) is 4.16. The Balaban J connectivity index is 2.34. The van der Waals surface area contributed by atoms with Crippen LogP contribution >= 0.6 is 0 Å². The molecule has 10 heavy (non-hydrogen) atoms. The fourth-order valence-electron chi connectivity index (χ4n) is 2.84. The maximum Gasteiger partial charge on any atom is 0.0601 e. The Hall–Kier alpha value is -0.0400. The van der Waals surface area contributed by atoms with Crippen molar-refractivity contribution in [2.24, 2.45) is 16.7 Å². The Morgan fingerprint density at radius 1 is 1.30 bits per heavy atom. The molecule has 1 N–H and O–H groups in total. The second-order valence-electron chi connectivity index (χ2n) is 4.79. The minimum atomic E-state index is -0.0208. The van der Waals surface area contributed by atoms with Crippen LogP contribution in [0.3, 0.4) is 0 Å². The van der Waals surface area contributed by atoms with Crippen LogP contribution in [0.2, 0.25) is 0 Å². The zero-order chi connectivity index (χ0) is 7.57. The summed E-state index contributed by atoms with van der Waals surface area (Å²) in [4.78, 5) is 0. The summed E-state index contributed by atoms with van der Waals surface area (Å²) >= 11 is 0. The summed E-state index contributed by atoms with van der Waals surface area (Å²) < 4.78 is 0. The first-order valence-corrected chi connectivity index (χ1v) is 4.16. The van der Waals surface area contributed by atoms with Gasteiger partial charge < -0.3 is 5.11 Å². The van der Waals surface area contributed by atoms with Gasteiger partial charge in [0.25, 0.3) is 0 Å². The number of hydrogen-bond acceptors (Lipinski definition) is 1. The van der Waals surface area contributed by atoms with E-state index in [2.05, 4.69) is 20.8 Å². The molecule has 2 bridgehead atoms. The van der Waals surface area contributed by atoms with E-state index in [1.807, 2.05) is 0 Å². The van der Waals surface area contributed by atoms with E-state index in [1.54, 1.807) is 0 Å². The molecule has 58 valence electrons. The summed E-state index contributed by atoms with van der Waals surface area (Å²) in [5.41, 5.74) is 0.657. The number of aliphatic hydroxyl groups excluding tert-OH is 1. The molecule has 0 aromatic heterocycles. The number of rotatable bonds is 0. The van der Waals surface area contributed by atoms with Gasteiger partial charge >= 0.3 is 0 Å². The SMILES string of the molecule is CC1(C)[C@@H]2C[C@@H](O)[C@@]1(C)C2. The number of aliphatic hydroxyl groups is 1. The summed E-state index contributed by atoms with van der Waals surface area (Å²) in [6.45, 7) is 6.80. The Morgan fingerprint density at radius 2 is 1.90 bits per heavy atom. The third-order valence-corrected chi connectivity index (χ3v) is 4.41. The second kappa shape index (κ2) is 1.42. The lowest BCUT2D eigenvalue weighted by molar-refractivity contribution is -0.0841. The summed E-state index contributed by atoms with van der Waals surface area (Å²) in [6.07, 6.45) is 2.28. The Bertz CT molecular complexity index is 172. The fourth-order valence-corrected chi connectivity index (χ4v) is 2.84. The smallest absolute Gasteiger partial charge is 0.0601 e. The van der Waals surface area contributed by atoms with Gasteiger partial charge in [0.1, 0.15) is 0 Å². The van der Waals surface area contributed by atoms with Gasteiger partial charge in [-0.25, -0.2) is 0 Å². The molecule has 0 saturated heterocycles. The van der Waals surface area contributed by atoms with Crippen LogP contribution in [-0.4, -0.2) is 11.2 Å². The third kappa shape index (κ3) is 0.430. The van der Waals surface area contributed by atoms with Crippen molar-refractivity contribution < 1.29 is 5.11 Å². The largest absolute Gasteiger partial charge is 0.393 e. The zero-order valence-electron chi connectivity index (χ0n) is 7.02. The van der Waals surface area contributed by atoms with Crippen LogP contribution in [0.5, 0.6) is 0 Å². The van der Waals surface area contributed by atoms with Crippen molar-refractivity contribution >= 4 is 0 Å². The molecule has 0 spiro atoms. The monoisotopic (exact) mass is 140 g/mol. The topological polar surface area (TPSA) is 20.2 Å². The van der Waals surface area contributed by atoms with Gasteiger partial charge in [0.2, 0.25) is 0 Å². The molecule has 0 unspecified atom stereocenters. The molecule has 1 nitrogen and oxygen atoms in total. The highest BCUT2D eigenvalue weighted by Crippen LogP contribution is 2.70. The van der Waals surface area contributed by atoms with Crippen LogP contribution in [0.1, 0.15) is 33.6 Å². The Kier molecular flexibility index (Phi) is 0.949. The van der Waals surface area contributed by atoms with Crippen LogP contribution < -0.4 is 0 Å². The molecule has 0 aromatic carbocycles. The van der Waals surface area contributed by atoms with Gasteiger partial charge in [0.05, 0.1) is 6.10 Å². The van der Waals surface area contributed by atoms with Crippen LogP contribution in [0, 0.1) is 16.7 Å². The van der Waals surface area contributed by atoms with Crippen LogP contribution in [0.15, 0.2) is 0 Å². The van der Waals surface area contributed by atoms with Gasteiger partial charge in [-0.2, -0.15) is 0 Å². The standard InChI is InChI=1S/C9H16O/c1-8(2)6-4-7(10)9(8,3)5-6/h6-7,10H,4-5H2,1-3H3/t6-,7-,9-/m1/s1. The van der Waals surface area contributed by atoms with E-state index in [-0.39, 0.29) is 11.5 Å². The minimum Gasteiger partial charge on any atom is -0.393 e. The molecule has 0 heterocycles. The van der Waals surface area contributed by atoms with Crippen LogP contribution in [0.4, 0.5) is 0 Å². The lowest BCUT2D eigenvalue weighted by Gasteiger charge is -2.53. The Morgan fingerprint density at radius 3 is 2.00 bits per heavy atom. The van der Waals surface area contributed by atoms with Crippen molar-refractivity contribution in [3.8, 4) is 0 Å².